The van der Waals surface area contributed by atoms with Crippen LogP contribution in [0, 0.1) is 10.1 Å². The quantitative estimate of drug-likeness (QED) is 0.661. The molecule has 0 aliphatic rings. The minimum absolute atomic E-state index is 0.0980. The fourth-order valence-corrected chi connectivity index (χ4v) is 1.62. The molecule has 1 heterocycles. The maximum absolute atomic E-state index is 11.0. The first-order chi connectivity index (χ1) is 8.63. The summed E-state index contributed by atoms with van der Waals surface area (Å²) in [5.74, 6) is 0.672. The predicted octanol–water partition coefficient (Wildman–Crippen LogP) is 2.25. The summed E-state index contributed by atoms with van der Waals surface area (Å²) < 4.78 is 5.03. The summed E-state index contributed by atoms with van der Waals surface area (Å²) in [5.41, 5.74) is 6.40. The molecule has 0 amide bonds. The number of nitrogen functional groups attached to an aromatic ring is 1. The van der Waals surface area contributed by atoms with Gasteiger partial charge in [-0.05, 0) is 30.3 Å². The summed E-state index contributed by atoms with van der Waals surface area (Å²) in [6, 6.07) is 8.24. The highest BCUT2D eigenvalue weighted by Crippen LogP contribution is 2.32. The Morgan fingerprint density at radius 2 is 1.94 bits per heavy atom. The standard InChI is InChI=1S/C12H11N3O3/c1-18-9-4-2-8(3-5-9)11-12(15(16)17)10(13)6-7-14-11/h2-7H,1H3,(H2,13,14). The summed E-state index contributed by atoms with van der Waals surface area (Å²) in [4.78, 5) is 14.5. The summed E-state index contributed by atoms with van der Waals surface area (Å²) in [6.07, 6.45) is 1.45. The summed E-state index contributed by atoms with van der Waals surface area (Å²) >= 11 is 0. The Hall–Kier alpha value is -2.63. The zero-order valence-electron chi connectivity index (χ0n) is 9.66. The van der Waals surface area contributed by atoms with Crippen molar-refractivity contribution in [1.29, 1.82) is 0 Å². The van der Waals surface area contributed by atoms with Crippen LogP contribution < -0.4 is 10.5 Å². The molecule has 0 bridgehead atoms. The van der Waals surface area contributed by atoms with Gasteiger partial charge in [0, 0.05) is 11.8 Å². The molecule has 0 fully saturated rings. The lowest BCUT2D eigenvalue weighted by atomic mass is 10.1. The van der Waals surface area contributed by atoms with Crippen molar-refractivity contribution in [2.75, 3.05) is 12.8 Å². The summed E-state index contributed by atoms with van der Waals surface area (Å²) in [6.45, 7) is 0. The number of benzene rings is 1. The van der Waals surface area contributed by atoms with Crippen LogP contribution >= 0.6 is 0 Å². The average molecular weight is 245 g/mol. The Morgan fingerprint density at radius 3 is 2.50 bits per heavy atom. The van der Waals surface area contributed by atoms with Gasteiger partial charge in [-0.3, -0.25) is 10.1 Å². The number of methoxy groups -OCH3 is 1. The molecule has 0 radical (unpaired) electrons. The van der Waals surface area contributed by atoms with Gasteiger partial charge in [-0.15, -0.1) is 0 Å². The molecule has 18 heavy (non-hydrogen) atoms. The van der Waals surface area contributed by atoms with Gasteiger partial charge in [0.05, 0.1) is 12.0 Å². The Bertz CT molecular complexity index is 582. The van der Waals surface area contributed by atoms with Gasteiger partial charge in [0.2, 0.25) is 0 Å². The minimum Gasteiger partial charge on any atom is -0.497 e. The van der Waals surface area contributed by atoms with Crippen LogP contribution in [0.2, 0.25) is 0 Å². The number of hydrogen-bond donors (Lipinski definition) is 1. The third kappa shape index (κ3) is 2.08. The van der Waals surface area contributed by atoms with Crippen LogP contribution in [0.5, 0.6) is 5.75 Å². The molecular formula is C12H11N3O3. The second-order valence-electron chi connectivity index (χ2n) is 3.58. The first-order valence-corrected chi connectivity index (χ1v) is 5.16. The number of ether oxygens (including phenoxy) is 1. The Balaban J connectivity index is 2.56. The first kappa shape index (κ1) is 11.8. The summed E-state index contributed by atoms with van der Waals surface area (Å²) in [7, 11) is 1.55. The molecule has 1 aromatic heterocycles. The largest absolute Gasteiger partial charge is 0.497 e. The predicted molar refractivity (Wildman–Crippen MR) is 67.3 cm³/mol. The molecule has 0 spiro atoms. The SMILES string of the molecule is COc1ccc(-c2nccc(N)c2[N+](=O)[O-])cc1. The topological polar surface area (TPSA) is 91.3 Å². The van der Waals surface area contributed by atoms with E-state index in [1.165, 1.54) is 12.3 Å². The number of anilines is 1. The smallest absolute Gasteiger partial charge is 0.318 e. The lowest BCUT2D eigenvalue weighted by Gasteiger charge is -2.05. The van der Waals surface area contributed by atoms with Crippen LogP contribution in [-0.4, -0.2) is 17.0 Å². The molecule has 6 nitrogen and oxygen atoms in total. The van der Waals surface area contributed by atoms with E-state index in [-0.39, 0.29) is 17.1 Å². The van der Waals surface area contributed by atoms with E-state index in [2.05, 4.69) is 4.98 Å². The van der Waals surface area contributed by atoms with Crippen molar-refractivity contribution in [1.82, 2.24) is 4.98 Å². The van der Waals surface area contributed by atoms with E-state index in [4.69, 9.17) is 10.5 Å². The second kappa shape index (κ2) is 4.70. The average Bonchev–Trinajstić information content (AvgIpc) is 2.38. The zero-order valence-corrected chi connectivity index (χ0v) is 9.66. The lowest BCUT2D eigenvalue weighted by molar-refractivity contribution is -0.383. The number of aromatic nitrogens is 1. The monoisotopic (exact) mass is 245 g/mol. The van der Waals surface area contributed by atoms with E-state index in [9.17, 15) is 10.1 Å². The van der Waals surface area contributed by atoms with Crippen LogP contribution in [0.4, 0.5) is 11.4 Å². The maximum atomic E-state index is 11.0. The van der Waals surface area contributed by atoms with Gasteiger partial charge in [-0.2, -0.15) is 0 Å². The molecule has 2 rings (SSSR count). The van der Waals surface area contributed by atoms with Crippen LogP contribution in [0.3, 0.4) is 0 Å². The van der Waals surface area contributed by atoms with E-state index in [0.29, 0.717) is 11.3 Å². The molecule has 0 atom stereocenters. The van der Waals surface area contributed by atoms with Gasteiger partial charge in [-0.25, -0.2) is 4.98 Å². The minimum atomic E-state index is -0.526. The zero-order chi connectivity index (χ0) is 13.1. The van der Waals surface area contributed by atoms with Crippen LogP contribution in [0.25, 0.3) is 11.3 Å². The molecule has 0 aliphatic carbocycles. The lowest BCUT2D eigenvalue weighted by Crippen LogP contribution is -1.99. The van der Waals surface area contributed by atoms with Gasteiger partial charge in [0.1, 0.15) is 17.1 Å². The molecule has 6 heteroatoms. The fourth-order valence-electron chi connectivity index (χ4n) is 1.62. The molecule has 0 saturated carbocycles. The van der Waals surface area contributed by atoms with Crippen molar-refractivity contribution in [3.05, 3.63) is 46.6 Å². The van der Waals surface area contributed by atoms with Gasteiger partial charge >= 0.3 is 5.69 Å². The van der Waals surface area contributed by atoms with Crippen molar-refractivity contribution in [3.63, 3.8) is 0 Å². The van der Waals surface area contributed by atoms with Crippen molar-refractivity contribution in [3.8, 4) is 17.0 Å². The van der Waals surface area contributed by atoms with E-state index in [0.717, 1.165) is 0 Å². The van der Waals surface area contributed by atoms with E-state index < -0.39 is 4.92 Å². The van der Waals surface area contributed by atoms with Crippen LogP contribution in [0.15, 0.2) is 36.5 Å². The van der Waals surface area contributed by atoms with E-state index >= 15 is 0 Å². The Labute approximate surface area is 103 Å². The number of nitrogens with zero attached hydrogens (tertiary/aromatic N) is 2. The van der Waals surface area contributed by atoms with Crippen molar-refractivity contribution in [2.24, 2.45) is 0 Å². The second-order valence-corrected chi connectivity index (χ2v) is 3.58. The number of pyridine rings is 1. The van der Waals surface area contributed by atoms with Crippen molar-refractivity contribution < 1.29 is 9.66 Å². The Kier molecular flexibility index (Phi) is 3.09. The van der Waals surface area contributed by atoms with Gasteiger partial charge < -0.3 is 10.5 Å². The molecule has 0 unspecified atom stereocenters. The Morgan fingerprint density at radius 1 is 1.28 bits per heavy atom. The molecule has 92 valence electrons. The van der Waals surface area contributed by atoms with E-state index in [1.807, 2.05) is 0 Å². The molecule has 1 aromatic carbocycles. The number of nitrogens with two attached hydrogens (primary N) is 1. The van der Waals surface area contributed by atoms with Gasteiger partial charge in [-0.1, -0.05) is 0 Å². The van der Waals surface area contributed by atoms with Gasteiger partial charge in [0.15, 0.2) is 0 Å². The van der Waals surface area contributed by atoms with Crippen LogP contribution in [-0.2, 0) is 0 Å². The highest BCUT2D eigenvalue weighted by atomic mass is 16.6. The van der Waals surface area contributed by atoms with Crippen LogP contribution in [0.1, 0.15) is 0 Å². The number of nitro groups is 1. The highest BCUT2D eigenvalue weighted by Gasteiger charge is 2.20. The highest BCUT2D eigenvalue weighted by molar-refractivity contribution is 5.77. The van der Waals surface area contributed by atoms with Gasteiger partial charge in [0.25, 0.3) is 0 Å². The molecule has 2 N–H and O–H groups in total. The normalized spacial score (nSPS) is 10.1. The van der Waals surface area contributed by atoms with E-state index in [1.54, 1.807) is 31.4 Å². The third-order valence-corrected chi connectivity index (χ3v) is 2.50. The number of hydrogen-bond acceptors (Lipinski definition) is 5. The maximum Gasteiger partial charge on any atom is 0.318 e. The molecular weight excluding hydrogens is 234 g/mol. The fraction of sp³-hybridized carbons (Fsp3) is 0.0833. The third-order valence-electron chi connectivity index (χ3n) is 2.50. The number of rotatable bonds is 3. The molecule has 0 aliphatic heterocycles. The van der Waals surface area contributed by atoms with Crippen molar-refractivity contribution in [2.45, 2.75) is 0 Å². The van der Waals surface area contributed by atoms with Crippen molar-refractivity contribution >= 4 is 11.4 Å². The molecule has 2 aromatic rings. The summed E-state index contributed by atoms with van der Waals surface area (Å²) in [5, 5.41) is 11.0. The molecule has 0 saturated heterocycles. The first-order valence-electron chi connectivity index (χ1n) is 5.16.